The molecule has 3 nitrogen and oxygen atoms in total. The van der Waals surface area contributed by atoms with Crippen LogP contribution in [-0.4, -0.2) is 24.3 Å². The smallest absolute Gasteiger partial charge is 0.137 e. The van der Waals surface area contributed by atoms with Gasteiger partial charge in [-0.05, 0) is 53.9 Å². The number of rotatable bonds is 4. The molecule has 0 radical (unpaired) electrons. The van der Waals surface area contributed by atoms with E-state index in [-0.39, 0.29) is 17.0 Å². The van der Waals surface area contributed by atoms with E-state index in [1.54, 1.807) is 12.1 Å². The van der Waals surface area contributed by atoms with Crippen molar-refractivity contribution in [1.82, 2.24) is 0 Å². The molecular formula is C15H22BrFN2O. The first-order valence-corrected chi connectivity index (χ1v) is 7.78. The number of ether oxygens (including phenoxy) is 1. The number of nitrogens with one attached hydrogen (secondary N) is 1. The lowest BCUT2D eigenvalue weighted by atomic mass is 9.79. The summed E-state index contributed by atoms with van der Waals surface area (Å²) in [6, 6.07) is 4.96. The second kappa shape index (κ2) is 6.00. The standard InChI is InChI=1S/C15H22BrFN2O/c1-3-14(2)9-15(10-18,6-7-20-14)19-11-4-5-13(17)12(16)8-11/h4-5,8,19H,3,6-7,9-10,18H2,1-2H3. The number of nitrogens with two attached hydrogens (primary N) is 1. The Hall–Kier alpha value is -0.650. The van der Waals surface area contributed by atoms with Crippen molar-refractivity contribution in [2.24, 2.45) is 5.73 Å². The number of benzene rings is 1. The average molecular weight is 345 g/mol. The van der Waals surface area contributed by atoms with Gasteiger partial charge >= 0.3 is 0 Å². The number of hydrogen-bond acceptors (Lipinski definition) is 3. The fourth-order valence-corrected chi connectivity index (χ4v) is 3.17. The van der Waals surface area contributed by atoms with Crippen LogP contribution >= 0.6 is 15.9 Å². The van der Waals surface area contributed by atoms with E-state index in [2.05, 4.69) is 35.1 Å². The molecule has 0 amide bonds. The van der Waals surface area contributed by atoms with E-state index in [0.29, 0.717) is 17.6 Å². The SMILES string of the molecule is CCC1(C)CC(CN)(Nc2ccc(F)c(Br)c2)CCO1. The van der Waals surface area contributed by atoms with Crippen molar-refractivity contribution in [2.75, 3.05) is 18.5 Å². The normalized spacial score (nSPS) is 30.2. The minimum absolute atomic E-state index is 0.151. The van der Waals surface area contributed by atoms with Gasteiger partial charge in [-0.2, -0.15) is 0 Å². The van der Waals surface area contributed by atoms with Crippen LogP contribution < -0.4 is 11.1 Å². The highest BCUT2D eigenvalue weighted by Gasteiger charge is 2.41. The Morgan fingerprint density at radius 1 is 1.50 bits per heavy atom. The third-order valence-corrected chi connectivity index (χ3v) is 4.82. The number of anilines is 1. The molecule has 2 unspecified atom stereocenters. The van der Waals surface area contributed by atoms with Crippen molar-refractivity contribution in [3.05, 3.63) is 28.5 Å². The fraction of sp³-hybridized carbons (Fsp3) is 0.600. The Morgan fingerprint density at radius 2 is 2.25 bits per heavy atom. The zero-order valence-corrected chi connectivity index (χ0v) is 13.6. The van der Waals surface area contributed by atoms with Crippen LogP contribution in [0.5, 0.6) is 0 Å². The topological polar surface area (TPSA) is 47.3 Å². The largest absolute Gasteiger partial charge is 0.378 e. The van der Waals surface area contributed by atoms with Crippen molar-refractivity contribution in [2.45, 2.75) is 44.2 Å². The Bertz CT molecular complexity index is 485. The molecule has 1 heterocycles. The molecule has 0 spiro atoms. The van der Waals surface area contributed by atoms with Gasteiger partial charge in [0.05, 0.1) is 15.6 Å². The maximum atomic E-state index is 13.3. The number of hydrogen-bond donors (Lipinski definition) is 2. The minimum Gasteiger partial charge on any atom is -0.378 e. The van der Waals surface area contributed by atoms with Crippen LogP contribution in [0.2, 0.25) is 0 Å². The zero-order chi connectivity index (χ0) is 14.8. The molecule has 112 valence electrons. The van der Waals surface area contributed by atoms with Crippen molar-refractivity contribution >= 4 is 21.6 Å². The van der Waals surface area contributed by atoms with Crippen LogP contribution in [0.1, 0.15) is 33.1 Å². The van der Waals surface area contributed by atoms with Gasteiger partial charge in [0.15, 0.2) is 0 Å². The van der Waals surface area contributed by atoms with Gasteiger partial charge < -0.3 is 15.8 Å². The molecule has 0 aliphatic carbocycles. The summed E-state index contributed by atoms with van der Waals surface area (Å²) < 4.78 is 19.7. The Balaban J connectivity index is 2.20. The van der Waals surface area contributed by atoms with Gasteiger partial charge in [-0.3, -0.25) is 0 Å². The second-order valence-corrected chi connectivity index (χ2v) is 6.67. The van der Waals surface area contributed by atoms with E-state index >= 15 is 0 Å². The van der Waals surface area contributed by atoms with Crippen LogP contribution in [0.15, 0.2) is 22.7 Å². The summed E-state index contributed by atoms with van der Waals surface area (Å²) in [7, 11) is 0. The molecule has 1 aliphatic heterocycles. The molecule has 0 aromatic heterocycles. The molecule has 1 saturated heterocycles. The van der Waals surface area contributed by atoms with Gasteiger partial charge in [-0.25, -0.2) is 4.39 Å². The first kappa shape index (κ1) is 15.7. The van der Waals surface area contributed by atoms with Gasteiger partial charge in [-0.1, -0.05) is 6.92 Å². The summed E-state index contributed by atoms with van der Waals surface area (Å²) in [5, 5.41) is 3.50. The molecule has 0 bridgehead atoms. The Kier molecular flexibility index (Phi) is 4.72. The molecule has 1 fully saturated rings. The summed E-state index contributed by atoms with van der Waals surface area (Å²) >= 11 is 3.22. The van der Waals surface area contributed by atoms with E-state index < -0.39 is 0 Å². The van der Waals surface area contributed by atoms with Crippen LogP contribution in [0.25, 0.3) is 0 Å². The third-order valence-electron chi connectivity index (χ3n) is 4.21. The first-order chi connectivity index (χ1) is 9.42. The molecule has 5 heteroatoms. The van der Waals surface area contributed by atoms with Gasteiger partial charge in [0, 0.05) is 25.3 Å². The Labute approximate surface area is 128 Å². The van der Waals surface area contributed by atoms with Crippen LogP contribution in [0, 0.1) is 5.82 Å². The molecule has 1 aromatic carbocycles. The van der Waals surface area contributed by atoms with Crippen LogP contribution in [0.3, 0.4) is 0 Å². The summed E-state index contributed by atoms with van der Waals surface area (Å²) in [6.07, 6.45) is 2.65. The van der Waals surface area contributed by atoms with Crippen molar-refractivity contribution in [3.8, 4) is 0 Å². The monoisotopic (exact) mass is 344 g/mol. The molecule has 20 heavy (non-hydrogen) atoms. The third kappa shape index (κ3) is 3.32. The van der Waals surface area contributed by atoms with Crippen molar-refractivity contribution in [3.63, 3.8) is 0 Å². The molecule has 1 aliphatic rings. The van der Waals surface area contributed by atoms with E-state index in [1.165, 1.54) is 6.07 Å². The summed E-state index contributed by atoms with van der Waals surface area (Å²) in [6.45, 7) is 5.47. The van der Waals surface area contributed by atoms with E-state index in [1.807, 2.05) is 0 Å². The van der Waals surface area contributed by atoms with Crippen molar-refractivity contribution < 1.29 is 9.13 Å². The van der Waals surface area contributed by atoms with E-state index in [9.17, 15) is 4.39 Å². The highest BCUT2D eigenvalue weighted by molar-refractivity contribution is 9.10. The van der Waals surface area contributed by atoms with Crippen molar-refractivity contribution in [1.29, 1.82) is 0 Å². The molecule has 2 rings (SSSR count). The van der Waals surface area contributed by atoms with E-state index in [0.717, 1.165) is 24.9 Å². The van der Waals surface area contributed by atoms with Crippen LogP contribution in [0.4, 0.5) is 10.1 Å². The van der Waals surface area contributed by atoms with E-state index in [4.69, 9.17) is 10.5 Å². The lowest BCUT2D eigenvalue weighted by Crippen LogP contribution is -2.55. The molecule has 1 aromatic rings. The molecule has 2 atom stereocenters. The first-order valence-electron chi connectivity index (χ1n) is 6.99. The molecular weight excluding hydrogens is 323 g/mol. The predicted octanol–water partition coefficient (Wildman–Crippen LogP) is 3.68. The van der Waals surface area contributed by atoms with Gasteiger partial charge in [0.25, 0.3) is 0 Å². The summed E-state index contributed by atoms with van der Waals surface area (Å²) in [5.74, 6) is -0.261. The molecule has 3 N–H and O–H groups in total. The average Bonchev–Trinajstić information content (AvgIpc) is 2.43. The molecule has 0 saturated carbocycles. The van der Waals surface area contributed by atoms with Crippen LogP contribution in [-0.2, 0) is 4.74 Å². The summed E-state index contributed by atoms with van der Waals surface area (Å²) in [5.41, 5.74) is 6.56. The highest BCUT2D eigenvalue weighted by Crippen LogP contribution is 2.36. The maximum absolute atomic E-state index is 13.3. The quantitative estimate of drug-likeness (QED) is 0.875. The van der Waals surface area contributed by atoms with Gasteiger partial charge in [0.2, 0.25) is 0 Å². The number of halogens is 2. The highest BCUT2D eigenvalue weighted by atomic mass is 79.9. The van der Waals surface area contributed by atoms with Gasteiger partial charge in [0.1, 0.15) is 5.82 Å². The maximum Gasteiger partial charge on any atom is 0.137 e. The minimum atomic E-state index is -0.261. The Morgan fingerprint density at radius 3 is 2.85 bits per heavy atom. The lowest BCUT2D eigenvalue weighted by molar-refractivity contribution is -0.0882. The summed E-state index contributed by atoms with van der Waals surface area (Å²) in [4.78, 5) is 0. The lowest BCUT2D eigenvalue weighted by Gasteiger charge is -2.46. The zero-order valence-electron chi connectivity index (χ0n) is 12.0. The predicted molar refractivity (Wildman–Crippen MR) is 83.4 cm³/mol. The van der Waals surface area contributed by atoms with Gasteiger partial charge in [-0.15, -0.1) is 0 Å². The fourth-order valence-electron chi connectivity index (χ4n) is 2.79. The second-order valence-electron chi connectivity index (χ2n) is 5.82.